The van der Waals surface area contributed by atoms with Crippen molar-refractivity contribution in [3.05, 3.63) is 41.2 Å². The van der Waals surface area contributed by atoms with Gasteiger partial charge in [-0.1, -0.05) is 12.8 Å². The number of thiophene rings is 1. The maximum Gasteiger partial charge on any atom is 0.291 e. The van der Waals surface area contributed by atoms with Gasteiger partial charge in [0, 0.05) is 6.54 Å². The minimum absolute atomic E-state index is 0.0932. The van der Waals surface area contributed by atoms with E-state index in [4.69, 9.17) is 4.42 Å². The Balaban J connectivity index is 1.39. The zero-order valence-electron chi connectivity index (χ0n) is 14.8. The molecule has 3 rings (SSSR count). The molecule has 0 aliphatic carbocycles. The first kappa shape index (κ1) is 18.7. The van der Waals surface area contributed by atoms with Gasteiger partial charge >= 0.3 is 0 Å². The Labute approximate surface area is 157 Å². The summed E-state index contributed by atoms with van der Waals surface area (Å²) in [6.45, 7) is 4.06. The van der Waals surface area contributed by atoms with Gasteiger partial charge in [-0.2, -0.15) is 0 Å². The molecule has 0 spiro atoms. The van der Waals surface area contributed by atoms with E-state index in [1.807, 2.05) is 0 Å². The number of nitrogens with zero attached hydrogens (tertiary/aromatic N) is 1. The van der Waals surface area contributed by atoms with Crippen LogP contribution in [-0.2, 0) is 0 Å². The average molecular weight is 375 g/mol. The molecule has 1 fully saturated rings. The fraction of sp³-hybridized carbons (Fsp3) is 0.474. The molecule has 3 heterocycles. The minimum Gasteiger partial charge on any atom is -0.459 e. The van der Waals surface area contributed by atoms with Gasteiger partial charge in [-0.3, -0.25) is 9.59 Å². The molecule has 0 saturated carbocycles. The molecular weight excluding hydrogens is 350 g/mol. The molecule has 0 atom stereocenters. The Bertz CT molecular complexity index is 703. The number of anilines is 1. The van der Waals surface area contributed by atoms with Gasteiger partial charge in [0.1, 0.15) is 0 Å². The van der Waals surface area contributed by atoms with Crippen molar-refractivity contribution in [2.45, 2.75) is 32.1 Å². The molecule has 7 heteroatoms. The van der Waals surface area contributed by atoms with Crippen molar-refractivity contribution in [3.63, 3.8) is 0 Å². The molecule has 2 N–H and O–H groups in total. The molecule has 6 nitrogen and oxygen atoms in total. The molecule has 0 aromatic carbocycles. The Morgan fingerprint density at radius 1 is 1.08 bits per heavy atom. The third-order valence-electron chi connectivity index (χ3n) is 4.45. The number of hydrogen-bond donors (Lipinski definition) is 2. The van der Waals surface area contributed by atoms with Gasteiger partial charge in [0.15, 0.2) is 5.76 Å². The van der Waals surface area contributed by atoms with Crippen molar-refractivity contribution < 1.29 is 14.0 Å². The van der Waals surface area contributed by atoms with Crippen molar-refractivity contribution in [2.75, 3.05) is 31.5 Å². The number of amides is 2. The molecule has 0 unspecified atom stereocenters. The number of carbonyl (C=O) groups excluding carboxylic acids is 2. The summed E-state index contributed by atoms with van der Waals surface area (Å²) < 4.78 is 5.05. The first-order valence-electron chi connectivity index (χ1n) is 9.17. The summed E-state index contributed by atoms with van der Waals surface area (Å²) in [5.74, 6) is -0.163. The van der Waals surface area contributed by atoms with Crippen LogP contribution in [0.3, 0.4) is 0 Å². The molecular formula is C19H25N3O3S. The van der Waals surface area contributed by atoms with Crippen LogP contribution in [0.25, 0.3) is 0 Å². The number of hydrogen-bond acceptors (Lipinski definition) is 5. The average Bonchev–Trinajstić information content (AvgIpc) is 3.27. The van der Waals surface area contributed by atoms with Gasteiger partial charge < -0.3 is 20.0 Å². The highest BCUT2D eigenvalue weighted by atomic mass is 32.1. The van der Waals surface area contributed by atoms with E-state index in [0.717, 1.165) is 13.0 Å². The van der Waals surface area contributed by atoms with Crippen molar-refractivity contribution in [2.24, 2.45) is 0 Å². The van der Waals surface area contributed by atoms with Crippen LogP contribution in [0.4, 0.5) is 5.00 Å². The lowest BCUT2D eigenvalue weighted by Crippen LogP contribution is -2.30. The molecule has 26 heavy (non-hydrogen) atoms. The number of rotatable bonds is 7. The minimum atomic E-state index is -0.318. The highest BCUT2D eigenvalue weighted by Crippen LogP contribution is 2.22. The Hall–Kier alpha value is -2.12. The molecule has 2 aromatic rings. The van der Waals surface area contributed by atoms with E-state index in [9.17, 15) is 9.59 Å². The fourth-order valence-electron chi connectivity index (χ4n) is 3.06. The van der Waals surface area contributed by atoms with Crippen LogP contribution in [0.5, 0.6) is 0 Å². The Morgan fingerprint density at radius 2 is 1.88 bits per heavy atom. The number of likely N-dealkylation sites (tertiary alicyclic amines) is 1. The quantitative estimate of drug-likeness (QED) is 0.725. The van der Waals surface area contributed by atoms with Crippen LogP contribution in [0.15, 0.2) is 34.9 Å². The molecule has 2 aromatic heterocycles. The smallest absolute Gasteiger partial charge is 0.291 e. The Kier molecular flexibility index (Phi) is 6.85. The van der Waals surface area contributed by atoms with Crippen LogP contribution >= 0.6 is 11.3 Å². The van der Waals surface area contributed by atoms with E-state index in [2.05, 4.69) is 15.5 Å². The molecule has 1 aliphatic rings. The largest absolute Gasteiger partial charge is 0.459 e. The first-order chi connectivity index (χ1) is 12.7. The van der Waals surface area contributed by atoms with E-state index in [-0.39, 0.29) is 17.6 Å². The predicted octanol–water partition coefficient (Wildman–Crippen LogP) is 3.59. The van der Waals surface area contributed by atoms with E-state index in [0.29, 0.717) is 16.4 Å². The molecule has 140 valence electrons. The lowest BCUT2D eigenvalue weighted by atomic mass is 10.2. The van der Waals surface area contributed by atoms with E-state index in [1.165, 1.54) is 56.4 Å². The second-order valence-electron chi connectivity index (χ2n) is 6.46. The van der Waals surface area contributed by atoms with E-state index in [1.54, 1.807) is 24.3 Å². The molecule has 0 bridgehead atoms. The second kappa shape index (κ2) is 9.54. The lowest BCUT2D eigenvalue weighted by molar-refractivity contribution is 0.0954. The number of carbonyl (C=O) groups is 2. The number of nitrogens with one attached hydrogen (secondary N) is 2. The van der Waals surface area contributed by atoms with Crippen LogP contribution in [0.2, 0.25) is 0 Å². The summed E-state index contributed by atoms with van der Waals surface area (Å²) in [4.78, 5) is 27.3. The third-order valence-corrected chi connectivity index (χ3v) is 5.45. The standard InChI is InChI=1S/C19H25N3O3S/c23-18(15-7-5-14-25-15)21-17-9-8-16(26-17)19(24)20-10-6-13-22-11-3-1-2-4-12-22/h5,7-9,14H,1-4,6,10-13H2,(H,20,24)(H,21,23). The molecule has 1 aliphatic heterocycles. The van der Waals surface area contributed by atoms with Gasteiger partial charge in [0.25, 0.3) is 11.8 Å². The van der Waals surface area contributed by atoms with Gasteiger partial charge in [-0.05, 0) is 63.2 Å². The van der Waals surface area contributed by atoms with Gasteiger partial charge in [-0.25, -0.2) is 0 Å². The second-order valence-corrected chi connectivity index (χ2v) is 7.54. The zero-order chi connectivity index (χ0) is 18.2. The summed E-state index contributed by atoms with van der Waals surface area (Å²) in [6, 6.07) is 6.72. The van der Waals surface area contributed by atoms with Gasteiger partial charge in [-0.15, -0.1) is 11.3 Å². The van der Waals surface area contributed by atoms with E-state index >= 15 is 0 Å². The SMILES string of the molecule is O=C(Nc1ccc(C(=O)NCCCN2CCCCCC2)s1)c1ccco1. The van der Waals surface area contributed by atoms with Crippen LogP contribution < -0.4 is 10.6 Å². The third kappa shape index (κ3) is 5.44. The summed E-state index contributed by atoms with van der Waals surface area (Å²) in [6.07, 6.45) is 7.66. The highest BCUT2D eigenvalue weighted by molar-refractivity contribution is 7.18. The van der Waals surface area contributed by atoms with Crippen LogP contribution in [0.1, 0.15) is 52.3 Å². The Morgan fingerprint density at radius 3 is 2.62 bits per heavy atom. The van der Waals surface area contributed by atoms with Crippen LogP contribution in [0, 0.1) is 0 Å². The summed E-state index contributed by atoms with van der Waals surface area (Å²) in [5, 5.41) is 6.32. The maximum atomic E-state index is 12.2. The van der Waals surface area contributed by atoms with Gasteiger partial charge in [0.2, 0.25) is 0 Å². The van der Waals surface area contributed by atoms with Crippen molar-refractivity contribution >= 4 is 28.2 Å². The summed E-state index contributed by atoms with van der Waals surface area (Å²) in [7, 11) is 0. The first-order valence-corrected chi connectivity index (χ1v) is 9.99. The number of furan rings is 1. The van der Waals surface area contributed by atoms with Gasteiger partial charge in [0.05, 0.1) is 16.1 Å². The summed E-state index contributed by atoms with van der Waals surface area (Å²) in [5.41, 5.74) is 0. The molecule has 0 radical (unpaired) electrons. The van der Waals surface area contributed by atoms with Crippen molar-refractivity contribution in [1.82, 2.24) is 10.2 Å². The monoisotopic (exact) mass is 375 g/mol. The van der Waals surface area contributed by atoms with Crippen LogP contribution in [-0.4, -0.2) is 42.9 Å². The zero-order valence-corrected chi connectivity index (χ0v) is 15.6. The molecule has 1 saturated heterocycles. The molecule has 2 amide bonds. The highest BCUT2D eigenvalue weighted by Gasteiger charge is 2.13. The lowest BCUT2D eigenvalue weighted by Gasteiger charge is -2.19. The van der Waals surface area contributed by atoms with Crippen molar-refractivity contribution in [1.29, 1.82) is 0 Å². The topological polar surface area (TPSA) is 74.6 Å². The van der Waals surface area contributed by atoms with E-state index < -0.39 is 0 Å². The fourth-order valence-corrected chi connectivity index (χ4v) is 3.88. The normalized spacial score (nSPS) is 15.4. The van der Waals surface area contributed by atoms with Crippen molar-refractivity contribution in [3.8, 4) is 0 Å². The maximum absolute atomic E-state index is 12.2. The summed E-state index contributed by atoms with van der Waals surface area (Å²) >= 11 is 1.26. The predicted molar refractivity (Wildman–Crippen MR) is 103 cm³/mol.